The molecule has 1 aliphatic rings. The molecule has 2 aromatic carbocycles. The maximum absolute atomic E-state index is 13.2. The van der Waals surface area contributed by atoms with Crippen LogP contribution in [0.5, 0.6) is 5.75 Å². The zero-order valence-electron chi connectivity index (χ0n) is 19.5. The molecule has 4 rings (SSSR count). The molecule has 0 radical (unpaired) electrons. The molecule has 7 nitrogen and oxygen atoms in total. The molecule has 0 saturated carbocycles. The van der Waals surface area contributed by atoms with Crippen LogP contribution in [0.1, 0.15) is 44.5 Å². The smallest absolute Gasteiger partial charge is 0.251 e. The van der Waals surface area contributed by atoms with Gasteiger partial charge in [0.05, 0.1) is 30.5 Å². The first kappa shape index (κ1) is 23.0. The van der Waals surface area contributed by atoms with Crippen molar-refractivity contribution in [1.29, 1.82) is 0 Å². The first-order valence-electron chi connectivity index (χ1n) is 11.3. The lowest BCUT2D eigenvalue weighted by Gasteiger charge is -2.31. The molecule has 1 fully saturated rings. The lowest BCUT2D eigenvalue weighted by atomic mass is 10.0. The van der Waals surface area contributed by atoms with Crippen LogP contribution >= 0.6 is 0 Å². The molecule has 0 unspecified atom stereocenters. The fraction of sp³-hybridized carbons (Fsp3) is 0.385. The molecule has 3 aromatic rings. The van der Waals surface area contributed by atoms with Crippen molar-refractivity contribution in [1.82, 2.24) is 15.4 Å². The standard InChI is InChI=1S/C26H31N3O4/c1-18-7-9-21(10-8-18)25(16-29-11-13-31-14-12-29)27-26(30)22-5-4-6-23(15-22)32-17-24-19(2)28-33-20(24)3/h4-10,15,25H,11-14,16-17H2,1-3H3,(H,27,30)/t25-/m1/s1. The van der Waals surface area contributed by atoms with Crippen LogP contribution in [0.25, 0.3) is 0 Å². The fourth-order valence-electron chi connectivity index (χ4n) is 3.91. The molecule has 174 valence electrons. The quantitative estimate of drug-likeness (QED) is 0.561. The number of ether oxygens (including phenoxy) is 2. The highest BCUT2D eigenvalue weighted by Gasteiger charge is 2.21. The molecule has 1 aromatic heterocycles. The molecule has 2 heterocycles. The minimum atomic E-state index is -0.128. The molecule has 7 heteroatoms. The van der Waals surface area contributed by atoms with Gasteiger partial charge in [0.15, 0.2) is 0 Å². The Morgan fingerprint density at radius 1 is 1.12 bits per heavy atom. The van der Waals surface area contributed by atoms with E-state index in [-0.39, 0.29) is 11.9 Å². The maximum atomic E-state index is 13.2. The highest BCUT2D eigenvalue weighted by atomic mass is 16.5. The van der Waals surface area contributed by atoms with Crippen LogP contribution in [0.2, 0.25) is 0 Å². The first-order chi connectivity index (χ1) is 16.0. The number of nitrogens with zero attached hydrogens (tertiary/aromatic N) is 2. The summed E-state index contributed by atoms with van der Waals surface area (Å²) in [6.07, 6.45) is 0. The van der Waals surface area contributed by atoms with E-state index in [1.165, 1.54) is 5.56 Å². The van der Waals surface area contributed by atoms with Crippen LogP contribution in [0.15, 0.2) is 53.1 Å². The van der Waals surface area contributed by atoms with Gasteiger partial charge in [-0.05, 0) is 44.5 Å². The van der Waals surface area contributed by atoms with Crippen molar-refractivity contribution in [2.75, 3.05) is 32.8 Å². The predicted molar refractivity (Wildman–Crippen MR) is 125 cm³/mol. The average molecular weight is 450 g/mol. The summed E-state index contributed by atoms with van der Waals surface area (Å²) < 4.78 is 16.6. The molecule has 1 saturated heterocycles. The maximum Gasteiger partial charge on any atom is 0.251 e. The van der Waals surface area contributed by atoms with E-state index < -0.39 is 0 Å². The zero-order valence-corrected chi connectivity index (χ0v) is 19.5. The Bertz CT molecular complexity index is 1050. The van der Waals surface area contributed by atoms with Gasteiger partial charge < -0.3 is 19.3 Å². The van der Waals surface area contributed by atoms with E-state index in [4.69, 9.17) is 14.0 Å². The van der Waals surface area contributed by atoms with Crippen LogP contribution in [0.4, 0.5) is 0 Å². The number of aryl methyl sites for hydroxylation is 3. The van der Waals surface area contributed by atoms with Gasteiger partial charge in [0.2, 0.25) is 0 Å². The van der Waals surface area contributed by atoms with Crippen molar-refractivity contribution >= 4 is 5.91 Å². The van der Waals surface area contributed by atoms with Gasteiger partial charge in [0.1, 0.15) is 18.1 Å². The number of carbonyl (C=O) groups excluding carboxylic acids is 1. The summed E-state index contributed by atoms with van der Waals surface area (Å²) in [4.78, 5) is 15.5. The summed E-state index contributed by atoms with van der Waals surface area (Å²) in [6, 6.07) is 15.5. The number of hydrogen-bond acceptors (Lipinski definition) is 6. The summed E-state index contributed by atoms with van der Waals surface area (Å²) in [6.45, 7) is 10.1. The Labute approximate surface area is 194 Å². The van der Waals surface area contributed by atoms with Crippen molar-refractivity contribution in [2.24, 2.45) is 0 Å². The van der Waals surface area contributed by atoms with Crippen LogP contribution in [-0.2, 0) is 11.3 Å². The molecule has 1 atom stereocenters. The van der Waals surface area contributed by atoms with Crippen LogP contribution in [0, 0.1) is 20.8 Å². The number of amides is 1. The third kappa shape index (κ3) is 6.00. The number of nitrogens with one attached hydrogen (secondary N) is 1. The molecule has 1 aliphatic heterocycles. The average Bonchev–Trinajstić information content (AvgIpc) is 3.15. The molecule has 0 bridgehead atoms. The highest BCUT2D eigenvalue weighted by Crippen LogP contribution is 2.21. The number of hydrogen-bond donors (Lipinski definition) is 1. The van der Waals surface area contributed by atoms with Gasteiger partial charge in [-0.15, -0.1) is 0 Å². The monoisotopic (exact) mass is 449 g/mol. The number of morpholine rings is 1. The van der Waals surface area contributed by atoms with Gasteiger partial charge in [-0.3, -0.25) is 9.69 Å². The van der Waals surface area contributed by atoms with E-state index in [0.29, 0.717) is 17.9 Å². The molecule has 33 heavy (non-hydrogen) atoms. The Hall–Kier alpha value is -3.16. The van der Waals surface area contributed by atoms with Gasteiger partial charge in [0, 0.05) is 25.2 Å². The number of aromatic nitrogens is 1. The summed E-state index contributed by atoms with van der Waals surface area (Å²) >= 11 is 0. The van der Waals surface area contributed by atoms with E-state index in [1.54, 1.807) is 12.1 Å². The van der Waals surface area contributed by atoms with E-state index in [0.717, 1.165) is 55.4 Å². The molecule has 1 amide bonds. The predicted octanol–water partition coefficient (Wildman–Crippen LogP) is 3.98. The number of carbonyl (C=O) groups is 1. The van der Waals surface area contributed by atoms with E-state index in [1.807, 2.05) is 26.0 Å². The second-order valence-corrected chi connectivity index (χ2v) is 8.47. The van der Waals surface area contributed by atoms with Gasteiger partial charge in [0.25, 0.3) is 5.91 Å². The van der Waals surface area contributed by atoms with E-state index in [9.17, 15) is 4.79 Å². The van der Waals surface area contributed by atoms with Gasteiger partial charge in [-0.1, -0.05) is 41.1 Å². The normalized spacial score (nSPS) is 15.2. The van der Waals surface area contributed by atoms with E-state index in [2.05, 4.69) is 46.6 Å². The topological polar surface area (TPSA) is 76.8 Å². The van der Waals surface area contributed by atoms with Crippen LogP contribution < -0.4 is 10.1 Å². The minimum absolute atomic E-state index is 0.122. The van der Waals surface area contributed by atoms with Crippen molar-refractivity contribution in [2.45, 2.75) is 33.4 Å². The summed E-state index contributed by atoms with van der Waals surface area (Å²) in [5.41, 5.74) is 4.58. The lowest BCUT2D eigenvalue weighted by Crippen LogP contribution is -2.43. The molecule has 0 spiro atoms. The van der Waals surface area contributed by atoms with Crippen molar-refractivity contribution < 1.29 is 18.8 Å². The molecular weight excluding hydrogens is 418 g/mol. The lowest BCUT2D eigenvalue weighted by molar-refractivity contribution is 0.0332. The zero-order chi connectivity index (χ0) is 23.2. The third-order valence-electron chi connectivity index (χ3n) is 5.99. The Morgan fingerprint density at radius 2 is 1.88 bits per heavy atom. The first-order valence-corrected chi connectivity index (χ1v) is 11.3. The molecular formula is C26H31N3O4. The SMILES string of the molecule is Cc1ccc([C@@H](CN2CCOCC2)NC(=O)c2cccc(OCc3c(C)noc3C)c2)cc1. The molecule has 1 N–H and O–H groups in total. The summed E-state index contributed by atoms with van der Waals surface area (Å²) in [5.74, 6) is 1.24. The number of rotatable bonds is 8. The highest BCUT2D eigenvalue weighted by molar-refractivity contribution is 5.94. The van der Waals surface area contributed by atoms with Gasteiger partial charge >= 0.3 is 0 Å². The largest absolute Gasteiger partial charge is 0.489 e. The second kappa shape index (κ2) is 10.6. The second-order valence-electron chi connectivity index (χ2n) is 8.47. The van der Waals surface area contributed by atoms with Crippen molar-refractivity contribution in [3.63, 3.8) is 0 Å². The Morgan fingerprint density at radius 3 is 2.58 bits per heavy atom. The van der Waals surface area contributed by atoms with Crippen LogP contribution in [-0.4, -0.2) is 48.8 Å². The fourth-order valence-corrected chi connectivity index (χ4v) is 3.91. The number of benzene rings is 2. The van der Waals surface area contributed by atoms with E-state index >= 15 is 0 Å². The third-order valence-corrected chi connectivity index (χ3v) is 5.99. The summed E-state index contributed by atoms with van der Waals surface area (Å²) in [5, 5.41) is 7.19. The summed E-state index contributed by atoms with van der Waals surface area (Å²) in [7, 11) is 0. The molecule has 0 aliphatic carbocycles. The van der Waals surface area contributed by atoms with Gasteiger partial charge in [-0.25, -0.2) is 0 Å². The van der Waals surface area contributed by atoms with Gasteiger partial charge in [-0.2, -0.15) is 0 Å². The van der Waals surface area contributed by atoms with Crippen molar-refractivity contribution in [3.05, 3.63) is 82.2 Å². The Kier molecular flexibility index (Phi) is 7.42. The minimum Gasteiger partial charge on any atom is -0.489 e. The Balaban J connectivity index is 1.46. The van der Waals surface area contributed by atoms with Crippen molar-refractivity contribution in [3.8, 4) is 5.75 Å². The van der Waals surface area contributed by atoms with Crippen LogP contribution in [0.3, 0.4) is 0 Å².